The van der Waals surface area contributed by atoms with Gasteiger partial charge in [0, 0.05) is 5.56 Å². The number of nitrogens with two attached hydrogens (primary N) is 1. The maximum absolute atomic E-state index is 11.4. The van der Waals surface area contributed by atoms with Crippen LogP contribution in [-0.2, 0) is 10.5 Å². The summed E-state index contributed by atoms with van der Waals surface area (Å²) in [6.45, 7) is 2.54. The highest BCUT2D eigenvalue weighted by Gasteiger charge is 2.15. The second-order valence-corrected chi connectivity index (χ2v) is 6.12. The number of aromatic nitrogens is 3. The Morgan fingerprint density at radius 3 is 2.69 bits per heavy atom. The number of carbonyl (C=O) groups excluding carboxylic acids is 1. The molecule has 3 aromatic rings. The molecule has 2 aromatic heterocycles. The number of rotatable bonds is 7. The Hall–Kier alpha value is -2.94. The maximum Gasteiger partial charge on any atom is 0.373 e. The number of thioether (sulfide) groups is 1. The largest absolute Gasteiger partial charge is 0.494 e. The highest BCUT2D eigenvalue weighted by atomic mass is 32.2. The molecular formula is C17H18N4O4S. The van der Waals surface area contributed by atoms with Crippen molar-refractivity contribution in [3.63, 3.8) is 0 Å². The highest BCUT2D eigenvalue weighted by Crippen LogP contribution is 2.26. The number of esters is 1. The van der Waals surface area contributed by atoms with E-state index in [1.807, 2.05) is 31.2 Å². The zero-order valence-electron chi connectivity index (χ0n) is 14.3. The van der Waals surface area contributed by atoms with Gasteiger partial charge in [-0.1, -0.05) is 11.8 Å². The van der Waals surface area contributed by atoms with Crippen molar-refractivity contribution >= 4 is 17.7 Å². The molecule has 0 atom stereocenters. The van der Waals surface area contributed by atoms with Crippen molar-refractivity contribution < 1.29 is 18.7 Å². The van der Waals surface area contributed by atoms with Crippen LogP contribution in [0.2, 0.25) is 0 Å². The normalized spacial score (nSPS) is 10.7. The third-order valence-electron chi connectivity index (χ3n) is 3.48. The van der Waals surface area contributed by atoms with E-state index in [1.165, 1.54) is 23.5 Å². The fourth-order valence-corrected chi connectivity index (χ4v) is 2.99. The fraction of sp³-hybridized carbons (Fsp3) is 0.235. The van der Waals surface area contributed by atoms with Crippen molar-refractivity contribution in [3.8, 4) is 17.1 Å². The summed E-state index contributed by atoms with van der Waals surface area (Å²) in [6.07, 6.45) is 0. The molecule has 9 heteroatoms. The van der Waals surface area contributed by atoms with E-state index >= 15 is 0 Å². The fourth-order valence-electron chi connectivity index (χ4n) is 2.24. The second-order valence-electron chi connectivity index (χ2n) is 5.18. The molecule has 136 valence electrons. The molecule has 0 aliphatic rings. The quantitative estimate of drug-likeness (QED) is 0.382. The number of carbonyl (C=O) groups is 1. The van der Waals surface area contributed by atoms with Gasteiger partial charge in [0.15, 0.2) is 5.82 Å². The van der Waals surface area contributed by atoms with Gasteiger partial charge in [-0.15, -0.1) is 10.2 Å². The Kier molecular flexibility index (Phi) is 5.47. The Balaban J connectivity index is 1.69. The third-order valence-corrected chi connectivity index (χ3v) is 4.45. The molecule has 1 aromatic carbocycles. The van der Waals surface area contributed by atoms with E-state index in [4.69, 9.17) is 15.0 Å². The lowest BCUT2D eigenvalue weighted by Gasteiger charge is -2.05. The average molecular weight is 374 g/mol. The summed E-state index contributed by atoms with van der Waals surface area (Å²) in [5.41, 5.74) is 0.835. The summed E-state index contributed by atoms with van der Waals surface area (Å²) in [5.74, 6) is 8.15. The summed E-state index contributed by atoms with van der Waals surface area (Å²) in [4.78, 5) is 11.4. The predicted molar refractivity (Wildman–Crippen MR) is 96.4 cm³/mol. The molecule has 0 bridgehead atoms. The molecule has 3 rings (SSSR count). The zero-order chi connectivity index (χ0) is 18.5. The van der Waals surface area contributed by atoms with Crippen LogP contribution < -0.4 is 10.6 Å². The first kappa shape index (κ1) is 17.9. The summed E-state index contributed by atoms with van der Waals surface area (Å²) in [5, 5.41) is 8.78. The first-order chi connectivity index (χ1) is 12.6. The molecule has 0 aliphatic heterocycles. The number of hydrogen-bond donors (Lipinski definition) is 1. The molecule has 0 amide bonds. The van der Waals surface area contributed by atoms with Gasteiger partial charge in [-0.05, 0) is 43.3 Å². The van der Waals surface area contributed by atoms with Crippen LogP contribution in [0.4, 0.5) is 0 Å². The molecule has 2 N–H and O–H groups in total. The van der Waals surface area contributed by atoms with E-state index in [-0.39, 0.29) is 5.76 Å². The summed E-state index contributed by atoms with van der Waals surface area (Å²) < 4.78 is 16.9. The van der Waals surface area contributed by atoms with Crippen molar-refractivity contribution in [1.82, 2.24) is 14.9 Å². The van der Waals surface area contributed by atoms with Gasteiger partial charge in [-0.25, -0.2) is 9.47 Å². The number of nitrogens with zero attached hydrogens (tertiary/aromatic N) is 3. The lowest BCUT2D eigenvalue weighted by Crippen LogP contribution is -2.11. The predicted octanol–water partition coefficient (Wildman–Crippen LogP) is 2.73. The standard InChI is InChI=1S/C17H18N4O4S/c1-3-24-12-6-4-11(5-7-12)15-19-20-17(21(15)18)26-10-13-8-9-14(25-13)16(22)23-2/h4-9H,3,10,18H2,1-2H3. The Morgan fingerprint density at radius 2 is 2.00 bits per heavy atom. The molecular weight excluding hydrogens is 356 g/mol. The van der Waals surface area contributed by atoms with Crippen LogP contribution in [0.1, 0.15) is 23.2 Å². The van der Waals surface area contributed by atoms with E-state index in [0.29, 0.717) is 29.1 Å². The maximum atomic E-state index is 11.4. The minimum atomic E-state index is -0.513. The van der Waals surface area contributed by atoms with Gasteiger partial charge in [0.25, 0.3) is 0 Å². The molecule has 0 saturated carbocycles. The molecule has 8 nitrogen and oxygen atoms in total. The molecule has 2 heterocycles. The molecule has 0 radical (unpaired) electrons. The zero-order valence-corrected chi connectivity index (χ0v) is 15.2. The van der Waals surface area contributed by atoms with Gasteiger partial charge in [0.05, 0.1) is 19.5 Å². The van der Waals surface area contributed by atoms with Gasteiger partial charge in [-0.2, -0.15) is 0 Å². The van der Waals surface area contributed by atoms with Crippen LogP contribution in [0.5, 0.6) is 5.75 Å². The minimum Gasteiger partial charge on any atom is -0.494 e. The Morgan fingerprint density at radius 1 is 1.23 bits per heavy atom. The van der Waals surface area contributed by atoms with Gasteiger partial charge in [0.1, 0.15) is 11.5 Å². The van der Waals surface area contributed by atoms with E-state index in [9.17, 15) is 4.79 Å². The summed E-state index contributed by atoms with van der Waals surface area (Å²) in [6, 6.07) is 10.8. The number of methoxy groups -OCH3 is 1. The monoisotopic (exact) mass is 374 g/mol. The van der Waals surface area contributed by atoms with Crippen molar-refractivity contribution in [2.75, 3.05) is 19.6 Å². The number of nitrogen functional groups attached to an aromatic ring is 1. The number of hydrogen-bond acceptors (Lipinski definition) is 8. The van der Waals surface area contributed by atoms with Crippen molar-refractivity contribution in [2.45, 2.75) is 17.8 Å². The average Bonchev–Trinajstić information content (AvgIpc) is 3.27. The number of ether oxygens (including phenoxy) is 2. The number of benzene rings is 1. The van der Waals surface area contributed by atoms with Gasteiger partial charge in [0.2, 0.25) is 10.9 Å². The van der Waals surface area contributed by atoms with E-state index in [2.05, 4.69) is 14.9 Å². The first-order valence-electron chi connectivity index (χ1n) is 7.86. The van der Waals surface area contributed by atoms with Crippen molar-refractivity contribution in [1.29, 1.82) is 0 Å². The Bertz CT molecular complexity index is 889. The lowest BCUT2D eigenvalue weighted by molar-refractivity contribution is 0.0563. The minimum absolute atomic E-state index is 0.160. The smallest absolute Gasteiger partial charge is 0.373 e. The van der Waals surface area contributed by atoms with Crippen LogP contribution >= 0.6 is 11.8 Å². The number of furan rings is 1. The van der Waals surface area contributed by atoms with Crippen LogP contribution in [0.15, 0.2) is 46.0 Å². The SMILES string of the molecule is CCOc1ccc(-c2nnc(SCc3ccc(C(=O)OC)o3)n2N)cc1. The van der Waals surface area contributed by atoms with Gasteiger partial charge < -0.3 is 19.7 Å². The Labute approximate surface area is 154 Å². The van der Waals surface area contributed by atoms with E-state index in [0.717, 1.165) is 11.3 Å². The van der Waals surface area contributed by atoms with Crippen LogP contribution in [-0.4, -0.2) is 34.6 Å². The van der Waals surface area contributed by atoms with Gasteiger partial charge >= 0.3 is 5.97 Å². The molecule has 0 unspecified atom stereocenters. The van der Waals surface area contributed by atoms with Crippen molar-refractivity contribution in [2.24, 2.45) is 0 Å². The first-order valence-corrected chi connectivity index (χ1v) is 8.84. The molecule has 0 saturated heterocycles. The third kappa shape index (κ3) is 3.83. The summed E-state index contributed by atoms with van der Waals surface area (Å²) >= 11 is 1.35. The lowest BCUT2D eigenvalue weighted by atomic mass is 10.2. The van der Waals surface area contributed by atoms with Crippen LogP contribution in [0.3, 0.4) is 0 Å². The second kappa shape index (κ2) is 7.96. The van der Waals surface area contributed by atoms with Crippen molar-refractivity contribution in [3.05, 3.63) is 47.9 Å². The summed E-state index contributed by atoms with van der Waals surface area (Å²) in [7, 11) is 1.30. The topological polar surface area (TPSA) is 105 Å². The van der Waals surface area contributed by atoms with Crippen LogP contribution in [0.25, 0.3) is 11.4 Å². The van der Waals surface area contributed by atoms with E-state index < -0.39 is 5.97 Å². The molecule has 0 fully saturated rings. The molecule has 0 aliphatic carbocycles. The molecule has 0 spiro atoms. The molecule has 26 heavy (non-hydrogen) atoms. The van der Waals surface area contributed by atoms with E-state index in [1.54, 1.807) is 12.1 Å². The highest BCUT2D eigenvalue weighted by molar-refractivity contribution is 7.98. The van der Waals surface area contributed by atoms with Gasteiger partial charge in [-0.3, -0.25) is 0 Å². The van der Waals surface area contributed by atoms with Crippen LogP contribution in [0, 0.1) is 0 Å².